The molecule has 0 bridgehead atoms. The van der Waals surface area contributed by atoms with Gasteiger partial charge in [0, 0.05) is 11.9 Å². The summed E-state index contributed by atoms with van der Waals surface area (Å²) in [4.78, 5) is 7.68. The molecule has 2 nitrogen and oxygen atoms in total. The van der Waals surface area contributed by atoms with E-state index in [0.29, 0.717) is 0 Å². The summed E-state index contributed by atoms with van der Waals surface area (Å²) in [5, 5.41) is 0. The van der Waals surface area contributed by atoms with Crippen LogP contribution in [0, 0.1) is 6.92 Å². The van der Waals surface area contributed by atoms with Crippen molar-refractivity contribution in [3.05, 3.63) is 29.6 Å². The third kappa shape index (κ3) is 0.998. The Bertz CT molecular complexity index is 401. The Balaban J connectivity index is 2.75. The maximum absolute atomic E-state index is 4.48. The average molecular weight is 160 g/mol. The molecule has 0 aliphatic carbocycles. The number of nitrogens with zero attached hydrogens (tertiary/aromatic N) is 1. The highest BCUT2D eigenvalue weighted by Gasteiger charge is 2.01. The molecule has 0 aromatic carbocycles. The maximum atomic E-state index is 4.48. The smallest absolute Gasteiger partial charge is 0.0913 e. The van der Waals surface area contributed by atoms with Crippen molar-refractivity contribution in [2.24, 2.45) is 0 Å². The lowest BCUT2D eigenvalue weighted by Gasteiger charge is -1.94. The predicted octanol–water partition coefficient (Wildman–Crippen LogP) is 2.43. The fourth-order valence-corrected chi connectivity index (χ4v) is 1.42. The fraction of sp³-hybridized carbons (Fsp3) is 0.300. The van der Waals surface area contributed by atoms with Crippen LogP contribution in [-0.4, -0.2) is 9.97 Å². The molecule has 0 saturated heterocycles. The highest BCUT2D eigenvalue weighted by Crippen LogP contribution is 2.16. The van der Waals surface area contributed by atoms with E-state index >= 15 is 0 Å². The topological polar surface area (TPSA) is 28.7 Å². The van der Waals surface area contributed by atoms with Gasteiger partial charge in [0.15, 0.2) is 0 Å². The number of rotatable bonds is 1. The number of aryl methyl sites for hydroxylation is 2. The standard InChI is InChI=1S/C10H12N2/c1-3-8-6-11-9-5-4-7(2)12-10(8)9/h4-6,11H,3H2,1-2H3. The summed E-state index contributed by atoms with van der Waals surface area (Å²) in [5.41, 5.74) is 4.64. The van der Waals surface area contributed by atoms with Crippen LogP contribution in [0.3, 0.4) is 0 Å². The van der Waals surface area contributed by atoms with Crippen molar-refractivity contribution in [3.8, 4) is 0 Å². The van der Waals surface area contributed by atoms with E-state index in [-0.39, 0.29) is 0 Å². The zero-order valence-electron chi connectivity index (χ0n) is 7.39. The molecule has 1 N–H and O–H groups in total. The van der Waals surface area contributed by atoms with E-state index in [0.717, 1.165) is 23.1 Å². The molecule has 0 fully saturated rings. The van der Waals surface area contributed by atoms with Crippen LogP contribution < -0.4 is 0 Å². The van der Waals surface area contributed by atoms with Crippen molar-refractivity contribution < 1.29 is 0 Å². The monoisotopic (exact) mass is 160 g/mol. The molecular weight excluding hydrogens is 148 g/mol. The molecule has 0 radical (unpaired) electrons. The Morgan fingerprint density at radius 2 is 2.25 bits per heavy atom. The van der Waals surface area contributed by atoms with Crippen LogP contribution in [0.25, 0.3) is 11.0 Å². The van der Waals surface area contributed by atoms with Crippen molar-refractivity contribution in [3.63, 3.8) is 0 Å². The second-order valence-corrected chi connectivity index (χ2v) is 3.02. The average Bonchev–Trinajstić information content (AvgIpc) is 2.46. The van der Waals surface area contributed by atoms with Crippen LogP contribution in [0.1, 0.15) is 18.2 Å². The minimum atomic E-state index is 1.04. The molecule has 0 atom stereocenters. The lowest BCUT2D eigenvalue weighted by atomic mass is 10.2. The van der Waals surface area contributed by atoms with Gasteiger partial charge in [0.25, 0.3) is 0 Å². The Morgan fingerprint density at radius 3 is 3.00 bits per heavy atom. The molecule has 12 heavy (non-hydrogen) atoms. The summed E-state index contributed by atoms with van der Waals surface area (Å²) < 4.78 is 0. The third-order valence-corrected chi connectivity index (χ3v) is 2.12. The Morgan fingerprint density at radius 1 is 1.42 bits per heavy atom. The van der Waals surface area contributed by atoms with Gasteiger partial charge in [-0.2, -0.15) is 0 Å². The number of aromatic amines is 1. The van der Waals surface area contributed by atoms with Crippen LogP contribution in [0.5, 0.6) is 0 Å². The summed E-state index contributed by atoms with van der Waals surface area (Å²) in [7, 11) is 0. The van der Waals surface area contributed by atoms with Crippen molar-refractivity contribution >= 4 is 11.0 Å². The summed E-state index contributed by atoms with van der Waals surface area (Å²) >= 11 is 0. The lowest BCUT2D eigenvalue weighted by molar-refractivity contribution is 1.14. The first kappa shape index (κ1) is 7.35. The fourth-order valence-electron chi connectivity index (χ4n) is 1.42. The summed E-state index contributed by atoms with van der Waals surface area (Å²) in [6, 6.07) is 4.11. The van der Waals surface area contributed by atoms with Crippen molar-refractivity contribution in [2.75, 3.05) is 0 Å². The minimum absolute atomic E-state index is 1.04. The van der Waals surface area contributed by atoms with E-state index < -0.39 is 0 Å². The number of hydrogen-bond donors (Lipinski definition) is 1. The van der Waals surface area contributed by atoms with Crippen molar-refractivity contribution in [1.29, 1.82) is 0 Å². The minimum Gasteiger partial charge on any atom is -0.360 e. The summed E-state index contributed by atoms with van der Waals surface area (Å²) in [5.74, 6) is 0. The van der Waals surface area contributed by atoms with Gasteiger partial charge in [0.2, 0.25) is 0 Å². The number of nitrogens with one attached hydrogen (secondary N) is 1. The van der Waals surface area contributed by atoms with Gasteiger partial charge in [0.05, 0.1) is 11.0 Å². The Labute approximate surface area is 71.6 Å². The molecule has 0 saturated carbocycles. The van der Waals surface area contributed by atoms with E-state index in [2.05, 4.69) is 23.0 Å². The zero-order valence-corrected chi connectivity index (χ0v) is 7.39. The lowest BCUT2D eigenvalue weighted by Crippen LogP contribution is -1.83. The van der Waals surface area contributed by atoms with Crippen LogP contribution in [0.15, 0.2) is 18.3 Å². The first-order valence-corrected chi connectivity index (χ1v) is 4.25. The SMILES string of the molecule is CCc1c[nH]c2ccc(C)nc12. The summed E-state index contributed by atoms with van der Waals surface area (Å²) in [6.45, 7) is 4.17. The number of H-pyrrole nitrogens is 1. The van der Waals surface area contributed by atoms with E-state index in [9.17, 15) is 0 Å². The van der Waals surface area contributed by atoms with E-state index in [1.54, 1.807) is 0 Å². The Hall–Kier alpha value is -1.31. The second kappa shape index (κ2) is 2.63. The van der Waals surface area contributed by atoms with E-state index in [4.69, 9.17) is 0 Å². The van der Waals surface area contributed by atoms with Crippen LogP contribution in [-0.2, 0) is 6.42 Å². The molecule has 2 heteroatoms. The van der Waals surface area contributed by atoms with Crippen LogP contribution in [0.4, 0.5) is 0 Å². The van der Waals surface area contributed by atoms with Crippen molar-refractivity contribution in [2.45, 2.75) is 20.3 Å². The van der Waals surface area contributed by atoms with Gasteiger partial charge >= 0.3 is 0 Å². The molecular formula is C10H12N2. The number of hydrogen-bond acceptors (Lipinski definition) is 1. The van der Waals surface area contributed by atoms with Gasteiger partial charge in [-0.15, -0.1) is 0 Å². The highest BCUT2D eigenvalue weighted by atomic mass is 14.8. The molecule has 0 spiro atoms. The van der Waals surface area contributed by atoms with Crippen LogP contribution in [0.2, 0.25) is 0 Å². The van der Waals surface area contributed by atoms with Gasteiger partial charge in [-0.3, -0.25) is 4.98 Å². The molecule has 0 unspecified atom stereocenters. The van der Waals surface area contributed by atoms with Gasteiger partial charge in [-0.1, -0.05) is 6.92 Å². The number of pyridine rings is 1. The molecule has 2 heterocycles. The third-order valence-electron chi connectivity index (χ3n) is 2.12. The molecule has 2 rings (SSSR count). The van der Waals surface area contributed by atoms with Gasteiger partial charge in [-0.25, -0.2) is 0 Å². The molecule has 0 aliphatic heterocycles. The first-order valence-electron chi connectivity index (χ1n) is 4.25. The summed E-state index contributed by atoms with van der Waals surface area (Å²) in [6.07, 6.45) is 3.08. The first-order chi connectivity index (χ1) is 5.81. The van der Waals surface area contributed by atoms with Gasteiger partial charge < -0.3 is 4.98 Å². The van der Waals surface area contributed by atoms with Gasteiger partial charge in [0.1, 0.15) is 0 Å². The number of fused-ring (bicyclic) bond motifs is 1. The van der Waals surface area contributed by atoms with Crippen LogP contribution >= 0.6 is 0 Å². The Kier molecular flexibility index (Phi) is 1.61. The molecule has 0 amide bonds. The molecule has 62 valence electrons. The highest BCUT2D eigenvalue weighted by molar-refractivity contribution is 5.78. The van der Waals surface area contributed by atoms with E-state index in [1.165, 1.54) is 5.56 Å². The van der Waals surface area contributed by atoms with Gasteiger partial charge in [-0.05, 0) is 31.0 Å². The molecule has 0 aliphatic rings. The molecule has 2 aromatic heterocycles. The van der Waals surface area contributed by atoms with E-state index in [1.807, 2.05) is 19.2 Å². The second-order valence-electron chi connectivity index (χ2n) is 3.02. The zero-order chi connectivity index (χ0) is 8.55. The maximum Gasteiger partial charge on any atom is 0.0913 e. The normalized spacial score (nSPS) is 10.8. The predicted molar refractivity (Wildman–Crippen MR) is 50.2 cm³/mol. The van der Waals surface area contributed by atoms with Crippen molar-refractivity contribution in [1.82, 2.24) is 9.97 Å². The number of aromatic nitrogens is 2. The largest absolute Gasteiger partial charge is 0.360 e. The quantitative estimate of drug-likeness (QED) is 0.682. The molecule has 2 aromatic rings.